The summed E-state index contributed by atoms with van der Waals surface area (Å²) in [6.07, 6.45) is -15.6. The Labute approximate surface area is 206 Å². The van der Waals surface area contributed by atoms with Crippen LogP contribution in [0.25, 0.3) is 0 Å². The highest BCUT2D eigenvalue weighted by molar-refractivity contribution is 8.00. The fourth-order valence-electron chi connectivity index (χ4n) is 2.86. The average Bonchev–Trinajstić information content (AvgIpc) is 2.68. The summed E-state index contributed by atoms with van der Waals surface area (Å²) in [6.45, 7) is 2.00. The van der Waals surface area contributed by atoms with E-state index in [0.717, 1.165) is 20.8 Å². The summed E-state index contributed by atoms with van der Waals surface area (Å²) >= 11 is -1.62. The van der Waals surface area contributed by atoms with E-state index in [4.69, 9.17) is 14.2 Å². The van der Waals surface area contributed by atoms with Crippen molar-refractivity contribution in [1.82, 2.24) is 0 Å². The quantitative estimate of drug-likeness (QED) is 0.228. The number of rotatable bonds is 9. The van der Waals surface area contributed by atoms with Gasteiger partial charge in [-0.3, -0.25) is 19.2 Å². The number of alkyl halides is 9. The van der Waals surface area contributed by atoms with Gasteiger partial charge in [-0.25, -0.2) is 0 Å². The number of ether oxygens (including phenoxy) is 5. The Hall–Kier alpha value is -2.44. The third kappa shape index (κ3) is 7.55. The Morgan fingerprint density at radius 3 is 1.51 bits per heavy atom. The van der Waals surface area contributed by atoms with Gasteiger partial charge in [-0.05, 0) is 11.8 Å². The Bertz CT molecular complexity index is 881. The molecule has 0 aromatic rings. The molecule has 1 aliphatic heterocycles. The molecule has 0 amide bonds. The summed E-state index contributed by atoms with van der Waals surface area (Å²) in [5, 5.41) is -6.27. The molecule has 19 heteroatoms. The third-order valence-corrected chi connectivity index (χ3v) is 5.49. The van der Waals surface area contributed by atoms with E-state index in [9.17, 15) is 58.7 Å². The summed E-state index contributed by atoms with van der Waals surface area (Å²) in [7, 11) is 0. The standard InChI is InChI=1S/C18H19F9O9S/c1-6(28)32-5-10-11(33-7(2)29)12(34-8(3)30)13(35-9(4)31)14(36-10)37-18(26,27)16(21,22)15(19,20)17(23,24)25/h10-14H,5H2,1-4H3/t10-,11+,12+,13-,14+/m1/s1. The highest BCUT2D eigenvalue weighted by Gasteiger charge is 2.82. The molecule has 5 atom stereocenters. The Kier molecular flexibility index (Phi) is 10.2. The zero-order valence-electron chi connectivity index (χ0n) is 19.1. The van der Waals surface area contributed by atoms with E-state index in [1.807, 2.05) is 0 Å². The van der Waals surface area contributed by atoms with Crippen molar-refractivity contribution >= 4 is 35.6 Å². The Morgan fingerprint density at radius 1 is 0.676 bits per heavy atom. The molecule has 214 valence electrons. The first-order valence-electron chi connectivity index (χ1n) is 9.73. The smallest absolute Gasteiger partial charge is 0.460 e. The lowest BCUT2D eigenvalue weighted by Crippen LogP contribution is -2.64. The highest BCUT2D eigenvalue weighted by Crippen LogP contribution is 2.58. The van der Waals surface area contributed by atoms with Gasteiger partial charge in [0.15, 0.2) is 18.3 Å². The number of hydrogen-bond acceptors (Lipinski definition) is 10. The van der Waals surface area contributed by atoms with Gasteiger partial charge in [0.25, 0.3) is 0 Å². The van der Waals surface area contributed by atoms with E-state index in [1.165, 1.54) is 0 Å². The monoisotopic (exact) mass is 582 g/mol. The minimum absolute atomic E-state index is 0.642. The average molecular weight is 582 g/mol. The minimum atomic E-state index is -7.24. The lowest BCUT2D eigenvalue weighted by molar-refractivity contribution is -0.381. The second kappa shape index (κ2) is 11.5. The normalized spacial score (nSPS) is 25.2. The summed E-state index contributed by atoms with van der Waals surface area (Å²) in [4.78, 5) is 45.9. The third-order valence-electron chi connectivity index (χ3n) is 4.33. The summed E-state index contributed by atoms with van der Waals surface area (Å²) in [5.74, 6) is -19.1. The van der Waals surface area contributed by atoms with Crippen LogP contribution in [-0.4, -0.2) is 83.6 Å². The molecule has 0 saturated carbocycles. The van der Waals surface area contributed by atoms with Crippen LogP contribution >= 0.6 is 11.8 Å². The van der Waals surface area contributed by atoms with Crippen molar-refractivity contribution in [2.75, 3.05) is 6.61 Å². The fourth-order valence-corrected chi connectivity index (χ4v) is 3.98. The summed E-state index contributed by atoms with van der Waals surface area (Å²) < 4.78 is 145. The summed E-state index contributed by atoms with van der Waals surface area (Å²) in [5.41, 5.74) is -2.76. The van der Waals surface area contributed by atoms with Crippen LogP contribution in [-0.2, 0) is 42.9 Å². The molecule has 1 rings (SSSR count). The van der Waals surface area contributed by atoms with Gasteiger partial charge in [0.1, 0.15) is 18.1 Å². The molecule has 0 aromatic carbocycles. The van der Waals surface area contributed by atoms with Crippen molar-refractivity contribution in [1.29, 1.82) is 0 Å². The van der Waals surface area contributed by atoms with E-state index in [-0.39, 0.29) is 0 Å². The maximum Gasteiger partial charge on any atom is 0.460 e. The predicted octanol–water partition coefficient (Wildman–Crippen LogP) is 3.23. The molecule has 0 radical (unpaired) electrons. The number of halogens is 9. The van der Waals surface area contributed by atoms with Crippen LogP contribution in [0.15, 0.2) is 0 Å². The molecule has 1 heterocycles. The molecule has 1 saturated heterocycles. The van der Waals surface area contributed by atoms with E-state index < -0.39 is 95.4 Å². The molecule has 0 bridgehead atoms. The zero-order valence-corrected chi connectivity index (χ0v) is 19.9. The lowest BCUT2D eigenvalue weighted by Gasteiger charge is -2.45. The van der Waals surface area contributed by atoms with Crippen LogP contribution in [0.2, 0.25) is 0 Å². The molecule has 1 aliphatic rings. The van der Waals surface area contributed by atoms with E-state index in [2.05, 4.69) is 9.47 Å². The van der Waals surface area contributed by atoms with Gasteiger partial charge in [-0.1, -0.05) is 0 Å². The first kappa shape index (κ1) is 32.6. The van der Waals surface area contributed by atoms with Crippen molar-refractivity contribution in [3.8, 4) is 0 Å². The lowest BCUT2D eigenvalue weighted by atomic mass is 9.99. The second-order valence-electron chi connectivity index (χ2n) is 7.35. The predicted molar refractivity (Wildman–Crippen MR) is 100 cm³/mol. The van der Waals surface area contributed by atoms with Gasteiger partial charge in [0.2, 0.25) is 0 Å². The second-order valence-corrected chi connectivity index (χ2v) is 8.56. The van der Waals surface area contributed by atoms with Gasteiger partial charge in [0, 0.05) is 27.7 Å². The van der Waals surface area contributed by atoms with Crippen LogP contribution in [0.1, 0.15) is 27.7 Å². The SMILES string of the molecule is CC(=O)OC[C@H]1O[C@@H](SC(F)(F)C(F)(F)C(F)(F)C(F)(F)F)[C@H](OC(C)=O)[C@@H](OC(C)=O)[C@H]1OC(C)=O. The van der Waals surface area contributed by atoms with Crippen molar-refractivity contribution in [2.45, 2.75) is 80.8 Å². The fraction of sp³-hybridized carbons (Fsp3) is 0.778. The van der Waals surface area contributed by atoms with Crippen LogP contribution in [0.3, 0.4) is 0 Å². The van der Waals surface area contributed by atoms with Gasteiger partial charge in [-0.15, -0.1) is 0 Å². The molecular weight excluding hydrogens is 563 g/mol. The number of hydrogen-bond donors (Lipinski definition) is 0. The number of thioether (sulfide) groups is 1. The highest BCUT2D eigenvalue weighted by atomic mass is 32.2. The van der Waals surface area contributed by atoms with Crippen molar-refractivity contribution in [3.63, 3.8) is 0 Å². The maximum absolute atomic E-state index is 14.4. The van der Waals surface area contributed by atoms with Crippen molar-refractivity contribution < 1.29 is 82.4 Å². The van der Waals surface area contributed by atoms with E-state index in [0.29, 0.717) is 6.92 Å². The van der Waals surface area contributed by atoms with Crippen LogP contribution < -0.4 is 0 Å². The van der Waals surface area contributed by atoms with E-state index >= 15 is 0 Å². The largest absolute Gasteiger partial charge is 0.463 e. The molecule has 1 fully saturated rings. The van der Waals surface area contributed by atoms with Gasteiger partial charge in [-0.2, -0.15) is 39.5 Å². The molecule has 0 unspecified atom stereocenters. The first-order valence-corrected chi connectivity index (χ1v) is 10.6. The number of esters is 4. The van der Waals surface area contributed by atoms with Gasteiger partial charge >= 0.3 is 47.2 Å². The van der Waals surface area contributed by atoms with Crippen molar-refractivity contribution in [2.24, 2.45) is 0 Å². The maximum atomic E-state index is 14.4. The Morgan fingerprint density at radius 2 is 1.11 bits per heavy atom. The number of carbonyl (C=O) groups excluding carboxylic acids is 4. The van der Waals surface area contributed by atoms with Crippen molar-refractivity contribution in [3.05, 3.63) is 0 Å². The number of carbonyl (C=O) groups is 4. The van der Waals surface area contributed by atoms with Gasteiger partial charge in [0.05, 0.1) is 0 Å². The molecule has 0 spiro atoms. The van der Waals surface area contributed by atoms with Gasteiger partial charge < -0.3 is 23.7 Å². The van der Waals surface area contributed by atoms with Crippen LogP contribution in [0.5, 0.6) is 0 Å². The minimum Gasteiger partial charge on any atom is -0.463 e. The van der Waals surface area contributed by atoms with Crippen LogP contribution in [0.4, 0.5) is 39.5 Å². The Balaban J connectivity index is 3.61. The molecule has 0 aliphatic carbocycles. The molecule has 0 N–H and O–H groups in total. The zero-order chi connectivity index (χ0) is 29.1. The molecule has 37 heavy (non-hydrogen) atoms. The first-order chi connectivity index (χ1) is 16.5. The molecule has 9 nitrogen and oxygen atoms in total. The summed E-state index contributed by atoms with van der Waals surface area (Å²) in [6, 6.07) is 0. The molecule has 0 aromatic heterocycles. The topological polar surface area (TPSA) is 114 Å². The van der Waals surface area contributed by atoms with Crippen LogP contribution in [0, 0.1) is 0 Å². The molecular formula is C18H19F9O9S. The van der Waals surface area contributed by atoms with E-state index in [1.54, 1.807) is 0 Å².